The summed E-state index contributed by atoms with van der Waals surface area (Å²) >= 11 is 0. The number of furan rings is 1. The van der Waals surface area contributed by atoms with Gasteiger partial charge < -0.3 is 28.1 Å². The summed E-state index contributed by atoms with van der Waals surface area (Å²) in [5, 5.41) is 0. The summed E-state index contributed by atoms with van der Waals surface area (Å²) in [6, 6.07) is 1.57. The van der Waals surface area contributed by atoms with Crippen molar-refractivity contribution in [1.82, 2.24) is 0 Å². The molecule has 37 heavy (non-hydrogen) atoms. The third-order valence-electron chi connectivity index (χ3n) is 9.77. The Bertz CT molecular complexity index is 1260. The average Bonchev–Trinajstić information content (AvgIpc) is 3.52. The second kappa shape index (κ2) is 7.03. The predicted molar refractivity (Wildman–Crippen MR) is 122 cm³/mol. The van der Waals surface area contributed by atoms with Gasteiger partial charge in [0.2, 0.25) is 11.4 Å². The molecule has 0 radical (unpaired) electrons. The molecule has 4 saturated heterocycles. The lowest BCUT2D eigenvalue weighted by Crippen LogP contribution is -2.82. The molecule has 1 aliphatic carbocycles. The van der Waals surface area contributed by atoms with Crippen molar-refractivity contribution in [1.29, 1.82) is 0 Å². The number of carbonyl (C=O) groups is 4. The number of cyclic esters (lactones) is 1. The smallest absolute Gasteiger partial charge is 0.342 e. The number of carbonyl (C=O) groups excluding carboxylic acids is 4. The van der Waals surface area contributed by atoms with Crippen LogP contribution in [0.2, 0.25) is 0 Å². The summed E-state index contributed by atoms with van der Waals surface area (Å²) in [6.45, 7) is 8.63. The highest BCUT2D eigenvalue weighted by Crippen LogP contribution is 2.75. The highest BCUT2D eigenvalue weighted by atomic mass is 16.8. The minimum absolute atomic E-state index is 0.121. The van der Waals surface area contributed by atoms with Crippen LogP contribution in [0.3, 0.4) is 0 Å². The lowest BCUT2D eigenvalue weighted by Gasteiger charge is -2.66. The van der Waals surface area contributed by atoms with Gasteiger partial charge in [0.1, 0.15) is 23.0 Å². The largest absolute Gasteiger partial charge is 0.486 e. The molecule has 1 aromatic heterocycles. The number of hydrogen-bond donors (Lipinski definition) is 0. The Kier molecular flexibility index (Phi) is 4.60. The molecule has 5 fully saturated rings. The lowest BCUT2D eigenvalue weighted by atomic mass is 9.43. The van der Waals surface area contributed by atoms with Crippen LogP contribution in [0, 0.1) is 29.1 Å². The molecule has 5 aliphatic heterocycles. The van der Waals surface area contributed by atoms with Crippen LogP contribution >= 0.6 is 0 Å². The molecule has 6 aliphatic rings. The second-order valence-electron chi connectivity index (χ2n) is 11.8. The van der Waals surface area contributed by atoms with Crippen LogP contribution in [-0.2, 0) is 38.1 Å². The van der Waals surface area contributed by atoms with Gasteiger partial charge in [-0.05, 0) is 33.3 Å². The van der Waals surface area contributed by atoms with E-state index in [0.717, 1.165) is 0 Å². The van der Waals surface area contributed by atoms with Gasteiger partial charge in [-0.25, -0.2) is 9.59 Å². The van der Waals surface area contributed by atoms with Gasteiger partial charge in [0.15, 0.2) is 11.4 Å². The van der Waals surface area contributed by atoms with Gasteiger partial charge in [-0.1, -0.05) is 6.92 Å². The monoisotopic (exact) mass is 514 g/mol. The van der Waals surface area contributed by atoms with Gasteiger partial charge in [-0.3, -0.25) is 9.59 Å². The first-order chi connectivity index (χ1) is 17.3. The summed E-state index contributed by atoms with van der Waals surface area (Å²) in [7, 11) is 1.24. The van der Waals surface area contributed by atoms with Crippen molar-refractivity contribution >= 4 is 23.7 Å². The minimum atomic E-state index is -1.90. The molecule has 0 aromatic carbocycles. The van der Waals surface area contributed by atoms with E-state index in [0.29, 0.717) is 11.3 Å². The van der Waals surface area contributed by atoms with Gasteiger partial charge in [0.05, 0.1) is 30.9 Å². The van der Waals surface area contributed by atoms with Crippen molar-refractivity contribution in [3.8, 4) is 0 Å². The van der Waals surface area contributed by atoms with E-state index in [2.05, 4.69) is 0 Å². The molecular formula is C27H30O10. The van der Waals surface area contributed by atoms with Gasteiger partial charge in [0, 0.05) is 31.1 Å². The van der Waals surface area contributed by atoms with E-state index in [1.54, 1.807) is 40.7 Å². The first-order valence-electron chi connectivity index (χ1n) is 12.5. The number of hydrogen-bond acceptors (Lipinski definition) is 10. The summed E-state index contributed by atoms with van der Waals surface area (Å²) < 4.78 is 35.2. The van der Waals surface area contributed by atoms with E-state index in [9.17, 15) is 19.2 Å². The molecule has 8 atom stereocenters. The van der Waals surface area contributed by atoms with E-state index in [4.69, 9.17) is 28.1 Å². The normalized spacial score (nSPS) is 43.4. The molecule has 0 N–H and O–H groups in total. The quantitative estimate of drug-likeness (QED) is 0.336. The van der Waals surface area contributed by atoms with Crippen LogP contribution in [0.25, 0.3) is 0 Å². The first kappa shape index (κ1) is 24.2. The van der Waals surface area contributed by atoms with Crippen molar-refractivity contribution in [2.75, 3.05) is 7.11 Å². The number of fused-ring (bicyclic) bond motifs is 2. The van der Waals surface area contributed by atoms with Gasteiger partial charge in [-0.15, -0.1) is 0 Å². The summed E-state index contributed by atoms with van der Waals surface area (Å²) in [6.07, 6.45) is 4.43. The van der Waals surface area contributed by atoms with Crippen LogP contribution in [-0.4, -0.2) is 53.4 Å². The average molecular weight is 515 g/mol. The number of rotatable bonds is 4. The van der Waals surface area contributed by atoms with Crippen LogP contribution in [0.15, 0.2) is 34.8 Å². The zero-order valence-corrected chi connectivity index (χ0v) is 21.6. The van der Waals surface area contributed by atoms with Crippen LogP contribution < -0.4 is 0 Å². The van der Waals surface area contributed by atoms with E-state index in [-0.39, 0.29) is 18.6 Å². The van der Waals surface area contributed by atoms with Crippen LogP contribution in [0.5, 0.6) is 0 Å². The summed E-state index contributed by atoms with van der Waals surface area (Å²) in [5.41, 5.74) is -5.47. The Morgan fingerprint density at radius 2 is 1.84 bits per heavy atom. The lowest BCUT2D eigenvalue weighted by molar-refractivity contribution is -0.391. The zero-order valence-electron chi connectivity index (χ0n) is 21.6. The molecule has 7 rings (SSSR count). The Labute approximate surface area is 213 Å². The molecule has 10 heteroatoms. The predicted octanol–water partition coefficient (Wildman–Crippen LogP) is 2.95. The molecule has 10 nitrogen and oxygen atoms in total. The molecule has 6 heterocycles. The highest BCUT2D eigenvalue weighted by Gasteiger charge is 2.91. The van der Waals surface area contributed by atoms with Crippen molar-refractivity contribution in [3.63, 3.8) is 0 Å². The molecule has 4 bridgehead atoms. The fourth-order valence-electron chi connectivity index (χ4n) is 7.96. The molecule has 0 amide bonds. The molecular weight excluding hydrogens is 484 g/mol. The highest BCUT2D eigenvalue weighted by molar-refractivity contribution is 5.99. The van der Waals surface area contributed by atoms with Gasteiger partial charge in [-0.2, -0.15) is 0 Å². The fourth-order valence-corrected chi connectivity index (χ4v) is 7.96. The number of ether oxygens (including phenoxy) is 5. The van der Waals surface area contributed by atoms with Crippen molar-refractivity contribution in [2.24, 2.45) is 29.1 Å². The standard InChI is InChI=1S/C27H30O10/c1-13(20(29)14-7-8-33-12-14)15-9-18-24(4)21(30)36-25(18,5)37-27(15,22(31)32-6)26(24)11-16-17(34-26)10-19(28)35-23(16,2)3/h7-8,10,12-13,15-16,18H,9,11H2,1-6H3. The number of methoxy groups -OCH3 is 1. The van der Waals surface area contributed by atoms with Crippen LogP contribution in [0.1, 0.15) is 57.8 Å². The summed E-state index contributed by atoms with van der Waals surface area (Å²) in [4.78, 5) is 53.7. The fraction of sp³-hybridized carbons (Fsp3) is 0.630. The summed E-state index contributed by atoms with van der Waals surface area (Å²) in [5.74, 6) is -5.71. The van der Waals surface area contributed by atoms with E-state index in [1.807, 2.05) is 0 Å². The maximum absolute atomic E-state index is 14.0. The third-order valence-corrected chi connectivity index (χ3v) is 9.77. The van der Waals surface area contributed by atoms with Crippen LogP contribution in [0.4, 0.5) is 0 Å². The number of Topliss-reactive ketones (excluding diaryl/α,β-unsaturated/α-hetero) is 1. The SMILES string of the molecule is COC(=O)C12OC3(C)OC(=O)C(C)(C3CC1C(C)C(=O)c1ccoc1)C21CC2C(=CC(=O)OC2(C)C)O1. The Hall–Kier alpha value is -3.14. The Morgan fingerprint density at radius 1 is 1.11 bits per heavy atom. The van der Waals surface area contributed by atoms with Crippen molar-refractivity contribution in [2.45, 2.75) is 70.1 Å². The maximum atomic E-state index is 14.0. The van der Waals surface area contributed by atoms with E-state index < -0.39 is 69.6 Å². The maximum Gasteiger partial charge on any atom is 0.342 e. The molecule has 1 aromatic rings. The molecule has 198 valence electrons. The van der Waals surface area contributed by atoms with E-state index >= 15 is 0 Å². The van der Waals surface area contributed by atoms with Gasteiger partial charge >= 0.3 is 17.9 Å². The van der Waals surface area contributed by atoms with E-state index in [1.165, 1.54) is 25.7 Å². The zero-order chi connectivity index (χ0) is 26.8. The van der Waals surface area contributed by atoms with Crippen molar-refractivity contribution in [3.05, 3.63) is 36.0 Å². The molecule has 1 saturated carbocycles. The number of ketones is 1. The molecule has 8 unspecified atom stereocenters. The topological polar surface area (TPSA) is 128 Å². The van der Waals surface area contributed by atoms with Crippen molar-refractivity contribution < 1.29 is 47.3 Å². The molecule has 1 spiro atoms. The number of esters is 3. The first-order valence-corrected chi connectivity index (χ1v) is 12.5. The second-order valence-corrected chi connectivity index (χ2v) is 11.8. The van der Waals surface area contributed by atoms with Gasteiger partial charge in [0.25, 0.3) is 0 Å². The third kappa shape index (κ3) is 2.59. The minimum Gasteiger partial charge on any atom is -0.486 e. The Balaban J connectivity index is 1.59. The Morgan fingerprint density at radius 3 is 2.49 bits per heavy atom.